The summed E-state index contributed by atoms with van der Waals surface area (Å²) in [5.74, 6) is 0.866. The minimum absolute atomic E-state index is 0.155. The minimum Gasteiger partial charge on any atom is -0.395 e. The zero-order valence-electron chi connectivity index (χ0n) is 8.29. The summed E-state index contributed by atoms with van der Waals surface area (Å²) in [4.78, 5) is 13.2. The predicted octanol–water partition coefficient (Wildman–Crippen LogP) is -0.707. The van der Waals surface area contributed by atoms with E-state index >= 15 is 0 Å². The molecule has 4 nitrogen and oxygen atoms in total. The first-order valence-corrected chi connectivity index (χ1v) is 4.70. The average Bonchev–Trinajstić information content (AvgIpc) is 2.83. The molecule has 1 amide bonds. The molecule has 1 fully saturated rings. The number of rotatable bonds is 5. The van der Waals surface area contributed by atoms with Crippen LogP contribution in [0.1, 0.15) is 6.42 Å². The molecular formula is C9H18N2O2. The highest BCUT2D eigenvalue weighted by atomic mass is 16.3. The van der Waals surface area contributed by atoms with Crippen LogP contribution in [0.3, 0.4) is 0 Å². The fraction of sp³-hybridized carbons (Fsp3) is 0.889. The summed E-state index contributed by atoms with van der Waals surface area (Å²) in [6, 6.07) is 0. The summed E-state index contributed by atoms with van der Waals surface area (Å²) in [7, 11) is 3.64. The molecular weight excluding hydrogens is 168 g/mol. The van der Waals surface area contributed by atoms with Crippen molar-refractivity contribution in [3.05, 3.63) is 0 Å². The Morgan fingerprint density at radius 3 is 2.92 bits per heavy atom. The molecule has 76 valence electrons. The van der Waals surface area contributed by atoms with Crippen LogP contribution in [0.5, 0.6) is 0 Å². The van der Waals surface area contributed by atoms with Crippen LogP contribution >= 0.6 is 0 Å². The number of aliphatic hydroxyl groups excluding tert-OH is 1. The van der Waals surface area contributed by atoms with Crippen molar-refractivity contribution < 1.29 is 9.90 Å². The lowest BCUT2D eigenvalue weighted by Crippen LogP contribution is -2.27. The number of hydrogen-bond donors (Lipinski definition) is 2. The Balaban J connectivity index is 2.16. The number of amides is 1. The van der Waals surface area contributed by atoms with Gasteiger partial charge >= 0.3 is 0 Å². The summed E-state index contributed by atoms with van der Waals surface area (Å²) in [5, 5.41) is 11.3. The molecule has 0 radical (unpaired) electrons. The van der Waals surface area contributed by atoms with Crippen LogP contribution in [-0.4, -0.2) is 49.7 Å². The molecule has 4 heteroatoms. The van der Waals surface area contributed by atoms with Crippen LogP contribution in [0.15, 0.2) is 0 Å². The van der Waals surface area contributed by atoms with Crippen LogP contribution in [0, 0.1) is 11.8 Å². The number of carbonyl (C=O) groups excluding carboxylic acids is 1. The van der Waals surface area contributed by atoms with Crippen LogP contribution in [0.4, 0.5) is 0 Å². The number of likely N-dealkylation sites (N-methyl/N-ethyl adjacent to an activating group) is 1. The lowest BCUT2D eigenvalue weighted by atomic mass is 10.3. The Morgan fingerprint density at radius 2 is 2.38 bits per heavy atom. The fourth-order valence-electron chi connectivity index (χ4n) is 1.62. The second-order valence-electron chi connectivity index (χ2n) is 3.70. The van der Waals surface area contributed by atoms with E-state index in [9.17, 15) is 4.79 Å². The maximum atomic E-state index is 11.1. The molecule has 1 rings (SSSR count). The molecule has 0 aromatic rings. The molecule has 0 saturated heterocycles. The van der Waals surface area contributed by atoms with Crippen molar-refractivity contribution in [3.8, 4) is 0 Å². The van der Waals surface area contributed by atoms with E-state index in [0.717, 1.165) is 13.0 Å². The third-order valence-electron chi connectivity index (χ3n) is 2.53. The molecule has 1 aliphatic carbocycles. The number of nitrogens with zero attached hydrogens (tertiary/aromatic N) is 1. The van der Waals surface area contributed by atoms with Crippen molar-refractivity contribution in [2.24, 2.45) is 11.8 Å². The second kappa shape index (κ2) is 4.58. The summed E-state index contributed by atoms with van der Waals surface area (Å²) in [6.07, 6.45) is 0.995. The van der Waals surface area contributed by atoms with E-state index in [1.54, 1.807) is 7.05 Å². The minimum atomic E-state index is 0.155. The van der Waals surface area contributed by atoms with E-state index in [-0.39, 0.29) is 18.4 Å². The van der Waals surface area contributed by atoms with Gasteiger partial charge in [-0.3, -0.25) is 4.79 Å². The number of carbonyl (C=O) groups is 1. The molecule has 0 heterocycles. The van der Waals surface area contributed by atoms with Gasteiger partial charge in [-0.2, -0.15) is 0 Å². The number of hydrogen-bond acceptors (Lipinski definition) is 3. The Bertz CT molecular complexity index is 184. The second-order valence-corrected chi connectivity index (χ2v) is 3.70. The van der Waals surface area contributed by atoms with Crippen molar-refractivity contribution in [2.75, 3.05) is 33.8 Å². The highest BCUT2D eigenvalue weighted by molar-refractivity contribution is 5.81. The van der Waals surface area contributed by atoms with Gasteiger partial charge in [-0.1, -0.05) is 0 Å². The van der Waals surface area contributed by atoms with Gasteiger partial charge in [0.15, 0.2) is 0 Å². The first-order valence-electron chi connectivity index (χ1n) is 4.70. The largest absolute Gasteiger partial charge is 0.395 e. The molecule has 2 unspecified atom stereocenters. The normalized spacial score (nSPS) is 26.2. The van der Waals surface area contributed by atoms with Crippen LogP contribution in [0.25, 0.3) is 0 Å². The molecule has 13 heavy (non-hydrogen) atoms. The van der Waals surface area contributed by atoms with Gasteiger partial charge in [0, 0.05) is 26.1 Å². The first-order chi connectivity index (χ1) is 6.19. The van der Waals surface area contributed by atoms with E-state index < -0.39 is 0 Å². The van der Waals surface area contributed by atoms with Crippen LogP contribution < -0.4 is 5.32 Å². The topological polar surface area (TPSA) is 52.6 Å². The first kappa shape index (κ1) is 10.5. The molecule has 0 aromatic carbocycles. The Labute approximate surface area is 78.9 Å². The van der Waals surface area contributed by atoms with Gasteiger partial charge in [-0.25, -0.2) is 0 Å². The zero-order chi connectivity index (χ0) is 9.84. The number of aliphatic hydroxyl groups is 1. The van der Waals surface area contributed by atoms with Gasteiger partial charge < -0.3 is 15.3 Å². The fourth-order valence-corrected chi connectivity index (χ4v) is 1.62. The molecule has 0 aromatic heterocycles. The average molecular weight is 186 g/mol. The monoisotopic (exact) mass is 186 g/mol. The summed E-state index contributed by atoms with van der Waals surface area (Å²) in [6.45, 7) is 1.80. The van der Waals surface area contributed by atoms with Gasteiger partial charge in [0.05, 0.1) is 6.61 Å². The van der Waals surface area contributed by atoms with Crippen molar-refractivity contribution in [3.63, 3.8) is 0 Å². The summed E-state index contributed by atoms with van der Waals surface area (Å²) >= 11 is 0. The predicted molar refractivity (Wildman–Crippen MR) is 50.2 cm³/mol. The quantitative estimate of drug-likeness (QED) is 0.596. The molecule has 2 atom stereocenters. The van der Waals surface area contributed by atoms with Gasteiger partial charge in [-0.15, -0.1) is 0 Å². The highest BCUT2D eigenvalue weighted by Crippen LogP contribution is 2.38. The van der Waals surface area contributed by atoms with Gasteiger partial charge in [0.1, 0.15) is 0 Å². The summed E-state index contributed by atoms with van der Waals surface area (Å²) < 4.78 is 0. The summed E-state index contributed by atoms with van der Waals surface area (Å²) in [5.41, 5.74) is 0. The van der Waals surface area contributed by atoms with Gasteiger partial charge in [0.25, 0.3) is 0 Å². The maximum Gasteiger partial charge on any atom is 0.223 e. The molecule has 2 N–H and O–H groups in total. The van der Waals surface area contributed by atoms with Crippen molar-refractivity contribution in [1.82, 2.24) is 10.2 Å². The van der Waals surface area contributed by atoms with E-state index in [1.807, 2.05) is 7.05 Å². The van der Waals surface area contributed by atoms with E-state index in [0.29, 0.717) is 12.5 Å². The van der Waals surface area contributed by atoms with Gasteiger partial charge in [-0.05, 0) is 19.4 Å². The zero-order valence-corrected chi connectivity index (χ0v) is 8.29. The highest BCUT2D eigenvalue weighted by Gasteiger charge is 2.42. The SMILES string of the molecule is CNC(=O)C1CC1CN(C)CCO. The van der Waals surface area contributed by atoms with Crippen LogP contribution in [0.2, 0.25) is 0 Å². The lowest BCUT2D eigenvalue weighted by Gasteiger charge is -2.14. The number of nitrogens with one attached hydrogen (secondary N) is 1. The lowest BCUT2D eigenvalue weighted by molar-refractivity contribution is -0.122. The Kier molecular flexibility index (Phi) is 3.69. The van der Waals surface area contributed by atoms with E-state index in [2.05, 4.69) is 10.2 Å². The van der Waals surface area contributed by atoms with E-state index in [4.69, 9.17) is 5.11 Å². The van der Waals surface area contributed by atoms with Gasteiger partial charge in [0.2, 0.25) is 5.91 Å². The molecule has 0 spiro atoms. The molecule has 0 aliphatic heterocycles. The maximum absolute atomic E-state index is 11.1. The van der Waals surface area contributed by atoms with Crippen molar-refractivity contribution in [2.45, 2.75) is 6.42 Å². The Morgan fingerprint density at radius 1 is 1.69 bits per heavy atom. The molecule has 1 saturated carbocycles. The van der Waals surface area contributed by atoms with E-state index in [1.165, 1.54) is 0 Å². The Hall–Kier alpha value is -0.610. The van der Waals surface area contributed by atoms with Crippen molar-refractivity contribution >= 4 is 5.91 Å². The van der Waals surface area contributed by atoms with Crippen molar-refractivity contribution in [1.29, 1.82) is 0 Å². The third kappa shape index (κ3) is 2.97. The molecule has 0 bridgehead atoms. The smallest absolute Gasteiger partial charge is 0.223 e. The third-order valence-corrected chi connectivity index (χ3v) is 2.53. The molecule has 1 aliphatic rings. The standard InChI is InChI=1S/C9H18N2O2/c1-10-9(13)8-5-7(8)6-11(2)3-4-12/h7-8,12H,3-6H2,1-2H3,(H,10,13). The van der Waals surface area contributed by atoms with Crippen LogP contribution in [-0.2, 0) is 4.79 Å².